The maximum absolute atomic E-state index is 4.84. The zero-order chi connectivity index (χ0) is 9.26. The van der Waals surface area contributed by atoms with Gasteiger partial charge in [0.05, 0.1) is 5.71 Å². The summed E-state index contributed by atoms with van der Waals surface area (Å²) in [6.45, 7) is 2.18. The molecule has 0 aromatic heterocycles. The largest absolute Gasteiger partial charge is 0.399 e. The average molecular weight is 175 g/mol. The highest BCUT2D eigenvalue weighted by Crippen LogP contribution is 2.26. The van der Waals surface area contributed by atoms with Crippen LogP contribution in [0.2, 0.25) is 0 Å². The Bertz CT molecular complexity index is 344. The fraction of sp³-hybridized carbons (Fsp3) is 0.364. The van der Waals surface area contributed by atoms with Crippen molar-refractivity contribution in [2.75, 3.05) is 7.11 Å². The Morgan fingerprint density at radius 3 is 2.92 bits per heavy atom. The standard InChI is InChI=1S/C11H13NO/c1-8-7-9-5-3-4-6-10(9)11(8)12-13-2/h3-6,8H,7H2,1-2H3. The van der Waals surface area contributed by atoms with Gasteiger partial charge in [-0.25, -0.2) is 0 Å². The predicted molar refractivity (Wildman–Crippen MR) is 52.9 cm³/mol. The molecule has 1 unspecified atom stereocenters. The third-order valence-electron chi connectivity index (χ3n) is 2.48. The third-order valence-corrected chi connectivity index (χ3v) is 2.48. The van der Waals surface area contributed by atoms with Crippen molar-refractivity contribution in [3.63, 3.8) is 0 Å². The SMILES string of the molecule is CON=C1c2ccccc2CC1C. The molecule has 2 heteroatoms. The van der Waals surface area contributed by atoms with Crippen molar-refractivity contribution in [2.24, 2.45) is 11.1 Å². The number of benzene rings is 1. The van der Waals surface area contributed by atoms with Gasteiger partial charge in [0.2, 0.25) is 0 Å². The number of oxime groups is 1. The minimum Gasteiger partial charge on any atom is -0.399 e. The molecule has 68 valence electrons. The molecule has 1 aromatic rings. The molecule has 2 rings (SSSR count). The Morgan fingerprint density at radius 2 is 2.15 bits per heavy atom. The van der Waals surface area contributed by atoms with E-state index < -0.39 is 0 Å². The summed E-state index contributed by atoms with van der Waals surface area (Å²) in [5.74, 6) is 0.484. The van der Waals surface area contributed by atoms with E-state index >= 15 is 0 Å². The first-order valence-corrected chi connectivity index (χ1v) is 4.52. The second kappa shape index (κ2) is 3.21. The predicted octanol–water partition coefficient (Wildman–Crippen LogP) is 2.23. The molecule has 0 saturated carbocycles. The molecule has 0 N–H and O–H groups in total. The van der Waals surface area contributed by atoms with Crippen LogP contribution >= 0.6 is 0 Å². The molecule has 0 fully saturated rings. The van der Waals surface area contributed by atoms with Crippen LogP contribution in [0.15, 0.2) is 29.4 Å². The Hall–Kier alpha value is -1.31. The van der Waals surface area contributed by atoms with Gasteiger partial charge in [0, 0.05) is 11.5 Å². The van der Waals surface area contributed by atoms with Gasteiger partial charge in [0.1, 0.15) is 7.11 Å². The van der Waals surface area contributed by atoms with E-state index in [9.17, 15) is 0 Å². The molecular weight excluding hydrogens is 162 g/mol. The highest BCUT2D eigenvalue weighted by Gasteiger charge is 2.24. The van der Waals surface area contributed by atoms with E-state index in [1.807, 2.05) is 6.07 Å². The highest BCUT2D eigenvalue weighted by atomic mass is 16.6. The first-order valence-electron chi connectivity index (χ1n) is 4.52. The minimum absolute atomic E-state index is 0.484. The Balaban J connectivity index is 2.46. The number of hydrogen-bond acceptors (Lipinski definition) is 2. The molecule has 13 heavy (non-hydrogen) atoms. The maximum atomic E-state index is 4.84. The quantitative estimate of drug-likeness (QED) is 0.600. The summed E-state index contributed by atoms with van der Waals surface area (Å²) in [6.07, 6.45) is 1.08. The molecule has 0 radical (unpaired) electrons. The van der Waals surface area contributed by atoms with Crippen LogP contribution in [0.5, 0.6) is 0 Å². The lowest BCUT2D eigenvalue weighted by Gasteiger charge is -2.01. The van der Waals surface area contributed by atoms with Gasteiger partial charge in [0.15, 0.2) is 0 Å². The monoisotopic (exact) mass is 175 g/mol. The highest BCUT2D eigenvalue weighted by molar-refractivity contribution is 6.05. The zero-order valence-corrected chi connectivity index (χ0v) is 7.95. The lowest BCUT2D eigenvalue weighted by molar-refractivity contribution is 0.212. The molecule has 0 bridgehead atoms. The van der Waals surface area contributed by atoms with Crippen LogP contribution in [0.1, 0.15) is 18.1 Å². The molecule has 1 aromatic carbocycles. The lowest BCUT2D eigenvalue weighted by Crippen LogP contribution is -2.05. The van der Waals surface area contributed by atoms with Crippen molar-refractivity contribution in [3.05, 3.63) is 35.4 Å². The van der Waals surface area contributed by atoms with Crippen LogP contribution in [0.3, 0.4) is 0 Å². The summed E-state index contributed by atoms with van der Waals surface area (Å²) < 4.78 is 0. The van der Waals surface area contributed by atoms with Gasteiger partial charge in [-0.05, 0) is 12.0 Å². The number of rotatable bonds is 1. The van der Waals surface area contributed by atoms with Crippen molar-refractivity contribution < 1.29 is 4.84 Å². The topological polar surface area (TPSA) is 21.6 Å². The van der Waals surface area contributed by atoms with E-state index in [0.717, 1.165) is 12.1 Å². The van der Waals surface area contributed by atoms with E-state index in [1.54, 1.807) is 7.11 Å². The van der Waals surface area contributed by atoms with E-state index in [4.69, 9.17) is 4.84 Å². The summed E-state index contributed by atoms with van der Waals surface area (Å²) in [5.41, 5.74) is 3.71. The van der Waals surface area contributed by atoms with Crippen molar-refractivity contribution in [1.82, 2.24) is 0 Å². The van der Waals surface area contributed by atoms with E-state index in [0.29, 0.717) is 5.92 Å². The van der Waals surface area contributed by atoms with Gasteiger partial charge in [-0.1, -0.05) is 36.3 Å². The maximum Gasteiger partial charge on any atom is 0.106 e. The summed E-state index contributed by atoms with van der Waals surface area (Å²) in [6, 6.07) is 8.38. The summed E-state index contributed by atoms with van der Waals surface area (Å²) in [4.78, 5) is 4.84. The molecule has 0 saturated heterocycles. The van der Waals surface area contributed by atoms with Gasteiger partial charge in [0.25, 0.3) is 0 Å². The molecule has 0 heterocycles. The number of nitrogens with zero attached hydrogens (tertiary/aromatic N) is 1. The van der Waals surface area contributed by atoms with Gasteiger partial charge < -0.3 is 4.84 Å². The number of hydrogen-bond donors (Lipinski definition) is 0. The zero-order valence-electron chi connectivity index (χ0n) is 7.95. The molecular formula is C11H13NO. The van der Waals surface area contributed by atoms with Crippen molar-refractivity contribution in [3.8, 4) is 0 Å². The molecule has 2 nitrogen and oxygen atoms in total. The summed E-state index contributed by atoms with van der Waals surface area (Å²) in [5, 5.41) is 4.06. The Labute approximate surface area is 78.2 Å². The first-order chi connectivity index (χ1) is 6.33. The van der Waals surface area contributed by atoms with Crippen molar-refractivity contribution >= 4 is 5.71 Å². The smallest absolute Gasteiger partial charge is 0.106 e. The lowest BCUT2D eigenvalue weighted by atomic mass is 10.1. The molecule has 1 atom stereocenters. The Kier molecular flexibility index (Phi) is 2.05. The van der Waals surface area contributed by atoms with E-state index in [1.165, 1.54) is 11.1 Å². The first kappa shape index (κ1) is 8.30. The van der Waals surface area contributed by atoms with Gasteiger partial charge in [-0.3, -0.25) is 0 Å². The van der Waals surface area contributed by atoms with Gasteiger partial charge in [-0.15, -0.1) is 0 Å². The normalized spacial score (nSPS) is 23.2. The van der Waals surface area contributed by atoms with Gasteiger partial charge in [-0.2, -0.15) is 0 Å². The minimum atomic E-state index is 0.484. The average Bonchev–Trinajstić information content (AvgIpc) is 2.44. The molecule has 1 aliphatic rings. The van der Waals surface area contributed by atoms with Crippen molar-refractivity contribution in [2.45, 2.75) is 13.3 Å². The van der Waals surface area contributed by atoms with Gasteiger partial charge >= 0.3 is 0 Å². The van der Waals surface area contributed by atoms with Crippen LogP contribution in [0.25, 0.3) is 0 Å². The van der Waals surface area contributed by atoms with Crippen LogP contribution in [0, 0.1) is 5.92 Å². The fourth-order valence-corrected chi connectivity index (χ4v) is 1.88. The van der Waals surface area contributed by atoms with Crippen LogP contribution in [0.4, 0.5) is 0 Å². The molecule has 0 aliphatic heterocycles. The third kappa shape index (κ3) is 1.32. The molecule has 0 spiro atoms. The summed E-state index contributed by atoms with van der Waals surface area (Å²) in [7, 11) is 1.60. The van der Waals surface area contributed by atoms with Crippen LogP contribution in [-0.4, -0.2) is 12.8 Å². The second-order valence-electron chi connectivity index (χ2n) is 3.42. The van der Waals surface area contributed by atoms with E-state index in [-0.39, 0.29) is 0 Å². The van der Waals surface area contributed by atoms with Crippen molar-refractivity contribution in [1.29, 1.82) is 0 Å². The molecule has 0 amide bonds. The van der Waals surface area contributed by atoms with Crippen LogP contribution < -0.4 is 0 Å². The van der Waals surface area contributed by atoms with E-state index in [2.05, 4.69) is 30.3 Å². The summed E-state index contributed by atoms with van der Waals surface area (Å²) >= 11 is 0. The molecule has 1 aliphatic carbocycles. The number of fused-ring (bicyclic) bond motifs is 1. The second-order valence-corrected chi connectivity index (χ2v) is 3.42. The van der Waals surface area contributed by atoms with Crippen LogP contribution in [-0.2, 0) is 11.3 Å². The fourth-order valence-electron chi connectivity index (χ4n) is 1.88. The Morgan fingerprint density at radius 1 is 1.38 bits per heavy atom.